The first-order chi connectivity index (χ1) is 10.0. The molecule has 0 aliphatic rings. The fourth-order valence-electron chi connectivity index (χ4n) is 2.53. The molecule has 0 radical (unpaired) electrons. The van der Waals surface area contributed by atoms with E-state index in [0.717, 1.165) is 12.1 Å². The summed E-state index contributed by atoms with van der Waals surface area (Å²) in [6.07, 6.45) is 19.2. The van der Waals surface area contributed by atoms with Gasteiger partial charge in [0.15, 0.2) is 0 Å². The second kappa shape index (κ2) is 9.61. The van der Waals surface area contributed by atoms with Crippen LogP contribution in [0.1, 0.15) is 83.4 Å². The van der Waals surface area contributed by atoms with Gasteiger partial charge in [-0.05, 0) is 36.3 Å². The Hall–Kier alpha value is -1.29. The minimum atomic E-state index is 0.503. The van der Waals surface area contributed by atoms with Crippen molar-refractivity contribution in [2.24, 2.45) is 5.41 Å². The summed E-state index contributed by atoms with van der Waals surface area (Å²) in [5, 5.41) is 0. The number of hydrogen-bond donors (Lipinski definition) is 0. The van der Waals surface area contributed by atoms with Crippen LogP contribution in [0.5, 0.6) is 0 Å². The van der Waals surface area contributed by atoms with Crippen LogP contribution in [-0.4, -0.2) is 4.98 Å². The first-order valence-corrected chi connectivity index (χ1v) is 8.43. The smallest absolute Gasteiger partial charge is 0.112 e. The molecule has 0 unspecified atom stereocenters. The van der Waals surface area contributed by atoms with Crippen LogP contribution in [0.2, 0.25) is 0 Å². The Kier molecular flexibility index (Phi) is 8.13. The molecule has 0 bridgehead atoms. The summed E-state index contributed by atoms with van der Waals surface area (Å²) in [5.41, 5.74) is 2.54. The topological polar surface area (TPSA) is 12.9 Å². The zero-order valence-electron chi connectivity index (χ0n) is 14.1. The molecule has 0 aromatic carbocycles. The van der Waals surface area contributed by atoms with E-state index in [0.29, 0.717) is 5.41 Å². The summed E-state index contributed by atoms with van der Waals surface area (Å²) < 4.78 is 0. The van der Waals surface area contributed by atoms with E-state index in [1.807, 2.05) is 12.3 Å². The van der Waals surface area contributed by atoms with Crippen LogP contribution in [0.4, 0.5) is 0 Å². The van der Waals surface area contributed by atoms with E-state index in [1.54, 1.807) is 0 Å². The number of unbranched alkanes of at least 4 members (excludes halogenated alkanes) is 6. The highest BCUT2D eigenvalue weighted by molar-refractivity contribution is 5.26. The molecule has 0 aliphatic carbocycles. The average Bonchev–Trinajstić information content (AvgIpc) is 2.45. The molecule has 0 saturated carbocycles. The van der Waals surface area contributed by atoms with Crippen molar-refractivity contribution in [2.75, 3.05) is 0 Å². The van der Waals surface area contributed by atoms with E-state index >= 15 is 0 Å². The molecule has 1 rings (SSSR count). The molecule has 1 aromatic rings. The van der Waals surface area contributed by atoms with Crippen molar-refractivity contribution < 1.29 is 0 Å². The molecule has 0 atom stereocenters. The number of aromatic nitrogens is 1. The molecule has 0 saturated heterocycles. The lowest BCUT2D eigenvalue weighted by Gasteiger charge is -2.17. The zero-order valence-corrected chi connectivity index (χ0v) is 14.1. The summed E-state index contributed by atoms with van der Waals surface area (Å²) in [6.45, 7) is 6.99. The molecule has 116 valence electrons. The molecule has 1 nitrogen and oxygen atoms in total. The molecular formula is C20H31N. The van der Waals surface area contributed by atoms with E-state index in [2.05, 4.69) is 37.7 Å². The largest absolute Gasteiger partial charge is 0.248 e. The SMILES string of the molecule is C#Cc1ccc(CCCCCCCCCC(C)(C)C)cn1. The predicted molar refractivity (Wildman–Crippen MR) is 92.3 cm³/mol. The van der Waals surface area contributed by atoms with E-state index in [4.69, 9.17) is 6.42 Å². The number of pyridine rings is 1. The fraction of sp³-hybridized carbons (Fsp3) is 0.650. The summed E-state index contributed by atoms with van der Waals surface area (Å²) in [6, 6.07) is 4.04. The van der Waals surface area contributed by atoms with Gasteiger partial charge in [0, 0.05) is 6.20 Å². The maximum absolute atomic E-state index is 5.30. The Morgan fingerprint density at radius 2 is 1.57 bits per heavy atom. The maximum Gasteiger partial charge on any atom is 0.112 e. The molecule has 0 N–H and O–H groups in total. The first-order valence-electron chi connectivity index (χ1n) is 8.43. The van der Waals surface area contributed by atoms with Gasteiger partial charge in [-0.25, -0.2) is 4.98 Å². The molecule has 1 heteroatoms. The van der Waals surface area contributed by atoms with Crippen molar-refractivity contribution in [2.45, 2.75) is 78.6 Å². The summed E-state index contributed by atoms with van der Waals surface area (Å²) >= 11 is 0. The third-order valence-electron chi connectivity index (χ3n) is 3.86. The highest BCUT2D eigenvalue weighted by atomic mass is 14.7. The Morgan fingerprint density at radius 3 is 2.10 bits per heavy atom. The predicted octanol–water partition coefficient (Wildman–Crippen LogP) is 5.77. The molecular weight excluding hydrogens is 254 g/mol. The van der Waals surface area contributed by atoms with E-state index in [-0.39, 0.29) is 0 Å². The van der Waals surface area contributed by atoms with Crippen molar-refractivity contribution >= 4 is 0 Å². The molecule has 21 heavy (non-hydrogen) atoms. The number of hydrogen-bond acceptors (Lipinski definition) is 1. The highest BCUT2D eigenvalue weighted by Crippen LogP contribution is 2.22. The van der Waals surface area contributed by atoms with Crippen LogP contribution in [0.25, 0.3) is 0 Å². The van der Waals surface area contributed by atoms with Crippen molar-refractivity contribution in [3.8, 4) is 12.3 Å². The Bertz CT molecular complexity index is 417. The molecule has 1 aromatic heterocycles. The third-order valence-corrected chi connectivity index (χ3v) is 3.86. The van der Waals surface area contributed by atoms with Gasteiger partial charge in [-0.1, -0.05) is 71.3 Å². The average molecular weight is 285 g/mol. The van der Waals surface area contributed by atoms with Crippen molar-refractivity contribution in [1.82, 2.24) is 4.98 Å². The van der Waals surface area contributed by atoms with Gasteiger partial charge in [0.25, 0.3) is 0 Å². The molecule has 0 amide bonds. The van der Waals surface area contributed by atoms with Crippen LogP contribution in [0.3, 0.4) is 0 Å². The second-order valence-corrected chi connectivity index (χ2v) is 7.23. The summed E-state index contributed by atoms with van der Waals surface area (Å²) in [5.74, 6) is 2.55. The van der Waals surface area contributed by atoms with Gasteiger partial charge in [-0.3, -0.25) is 0 Å². The lowest BCUT2D eigenvalue weighted by molar-refractivity contribution is 0.356. The summed E-state index contributed by atoms with van der Waals surface area (Å²) in [4.78, 5) is 4.23. The standard InChI is InChI=1S/C20H31N/c1-5-19-15-14-18(17-21-19)13-11-9-7-6-8-10-12-16-20(2,3)4/h1,14-15,17H,6-13,16H2,2-4H3. The third kappa shape index (κ3) is 9.29. The normalized spacial score (nSPS) is 11.3. The minimum absolute atomic E-state index is 0.503. The summed E-state index contributed by atoms with van der Waals surface area (Å²) in [7, 11) is 0. The van der Waals surface area contributed by atoms with Gasteiger partial charge in [0.05, 0.1) is 0 Å². The lowest BCUT2D eigenvalue weighted by Crippen LogP contribution is -2.03. The monoisotopic (exact) mass is 285 g/mol. The Labute approximate surface area is 131 Å². The first kappa shape index (κ1) is 17.8. The maximum atomic E-state index is 5.30. The van der Waals surface area contributed by atoms with Gasteiger partial charge in [-0.2, -0.15) is 0 Å². The van der Waals surface area contributed by atoms with E-state index < -0.39 is 0 Å². The van der Waals surface area contributed by atoms with E-state index in [1.165, 1.54) is 56.9 Å². The van der Waals surface area contributed by atoms with Crippen LogP contribution in [-0.2, 0) is 6.42 Å². The van der Waals surface area contributed by atoms with Crippen LogP contribution in [0.15, 0.2) is 18.3 Å². The fourth-order valence-corrected chi connectivity index (χ4v) is 2.53. The molecule has 0 fully saturated rings. The van der Waals surface area contributed by atoms with Gasteiger partial charge in [0.1, 0.15) is 5.69 Å². The second-order valence-electron chi connectivity index (χ2n) is 7.23. The molecule has 0 aliphatic heterocycles. The Morgan fingerprint density at radius 1 is 0.952 bits per heavy atom. The lowest BCUT2D eigenvalue weighted by atomic mass is 9.89. The molecule has 0 spiro atoms. The van der Waals surface area contributed by atoms with Crippen LogP contribution >= 0.6 is 0 Å². The van der Waals surface area contributed by atoms with Crippen molar-refractivity contribution in [1.29, 1.82) is 0 Å². The number of terminal acetylenes is 1. The van der Waals surface area contributed by atoms with E-state index in [9.17, 15) is 0 Å². The van der Waals surface area contributed by atoms with Gasteiger partial charge >= 0.3 is 0 Å². The quantitative estimate of drug-likeness (QED) is 0.414. The highest BCUT2D eigenvalue weighted by Gasteiger charge is 2.08. The number of aryl methyl sites for hydroxylation is 1. The minimum Gasteiger partial charge on any atom is -0.248 e. The zero-order chi connectivity index (χ0) is 15.6. The number of nitrogens with zero attached hydrogens (tertiary/aromatic N) is 1. The van der Waals surface area contributed by atoms with Gasteiger partial charge < -0.3 is 0 Å². The molecule has 1 heterocycles. The van der Waals surface area contributed by atoms with Crippen molar-refractivity contribution in [3.63, 3.8) is 0 Å². The van der Waals surface area contributed by atoms with Crippen LogP contribution < -0.4 is 0 Å². The van der Waals surface area contributed by atoms with Crippen LogP contribution in [0, 0.1) is 17.8 Å². The van der Waals surface area contributed by atoms with Gasteiger partial charge in [-0.15, -0.1) is 6.42 Å². The Balaban J connectivity index is 1.96. The van der Waals surface area contributed by atoms with Gasteiger partial charge in [0.2, 0.25) is 0 Å². The number of rotatable bonds is 9. The van der Waals surface area contributed by atoms with Crippen molar-refractivity contribution in [3.05, 3.63) is 29.6 Å².